The van der Waals surface area contributed by atoms with E-state index in [0.29, 0.717) is 23.7 Å². The summed E-state index contributed by atoms with van der Waals surface area (Å²) in [7, 11) is -3.65. The van der Waals surface area contributed by atoms with Crippen LogP contribution in [0.2, 0.25) is 0 Å². The Morgan fingerprint density at radius 2 is 1.96 bits per heavy atom. The van der Waals surface area contributed by atoms with Crippen molar-refractivity contribution in [1.29, 1.82) is 0 Å². The van der Waals surface area contributed by atoms with E-state index in [1.165, 1.54) is 12.8 Å². The Morgan fingerprint density at radius 1 is 1.22 bits per heavy atom. The molecule has 2 aliphatic carbocycles. The molecule has 3 rings (SSSR count). The third-order valence-electron chi connectivity index (χ3n) is 5.25. The van der Waals surface area contributed by atoms with Gasteiger partial charge >= 0.3 is 0 Å². The SMILES string of the molecule is C=C[C@H]1CC[C@@H]2[C@H]1C=C[C@@H]2CCOS(=O)(=O)c1ccc(C)cc1. The lowest BCUT2D eigenvalue weighted by Gasteiger charge is -2.19. The third-order valence-corrected chi connectivity index (χ3v) is 6.58. The number of rotatable bonds is 6. The number of allylic oxidation sites excluding steroid dienone is 3. The average molecular weight is 332 g/mol. The fraction of sp³-hybridized carbons (Fsp3) is 0.474. The van der Waals surface area contributed by atoms with E-state index in [1.54, 1.807) is 24.3 Å². The van der Waals surface area contributed by atoms with Crippen molar-refractivity contribution < 1.29 is 12.6 Å². The highest BCUT2D eigenvalue weighted by molar-refractivity contribution is 7.86. The van der Waals surface area contributed by atoms with E-state index in [9.17, 15) is 8.42 Å². The smallest absolute Gasteiger partial charge is 0.266 e. The predicted molar refractivity (Wildman–Crippen MR) is 91.5 cm³/mol. The van der Waals surface area contributed by atoms with Crippen molar-refractivity contribution in [1.82, 2.24) is 0 Å². The van der Waals surface area contributed by atoms with E-state index < -0.39 is 10.1 Å². The monoisotopic (exact) mass is 332 g/mol. The van der Waals surface area contributed by atoms with Crippen molar-refractivity contribution in [2.24, 2.45) is 23.7 Å². The topological polar surface area (TPSA) is 43.4 Å². The molecule has 0 bridgehead atoms. The molecule has 2 aliphatic rings. The molecule has 0 aromatic heterocycles. The Balaban J connectivity index is 1.55. The van der Waals surface area contributed by atoms with Crippen LogP contribution < -0.4 is 0 Å². The first-order valence-electron chi connectivity index (χ1n) is 8.28. The Labute approximate surface area is 139 Å². The molecular formula is C19H24O3S. The van der Waals surface area contributed by atoms with Crippen LogP contribution >= 0.6 is 0 Å². The van der Waals surface area contributed by atoms with Crippen LogP contribution in [0.25, 0.3) is 0 Å². The summed E-state index contributed by atoms with van der Waals surface area (Å²) < 4.78 is 29.6. The Kier molecular flexibility index (Phi) is 4.74. The molecule has 0 radical (unpaired) electrons. The summed E-state index contributed by atoms with van der Waals surface area (Å²) in [4.78, 5) is 0.232. The lowest BCUT2D eigenvalue weighted by atomic mass is 9.86. The average Bonchev–Trinajstić information content (AvgIpc) is 3.10. The largest absolute Gasteiger partial charge is 0.296 e. The minimum Gasteiger partial charge on any atom is -0.266 e. The minimum atomic E-state index is -3.65. The van der Waals surface area contributed by atoms with Gasteiger partial charge in [0.05, 0.1) is 11.5 Å². The number of aryl methyl sites for hydroxylation is 1. The molecule has 124 valence electrons. The molecule has 23 heavy (non-hydrogen) atoms. The number of hydrogen-bond donors (Lipinski definition) is 0. The van der Waals surface area contributed by atoms with Crippen molar-refractivity contribution in [2.75, 3.05) is 6.61 Å². The predicted octanol–water partition coefficient (Wildman–Crippen LogP) is 4.10. The second-order valence-electron chi connectivity index (χ2n) is 6.64. The summed E-state index contributed by atoms with van der Waals surface area (Å²) in [5.74, 6) is 2.23. The molecule has 0 spiro atoms. The molecular weight excluding hydrogens is 308 g/mol. The number of fused-ring (bicyclic) bond motifs is 1. The molecule has 0 saturated heterocycles. The molecule has 0 unspecified atom stereocenters. The fourth-order valence-electron chi connectivity index (χ4n) is 3.94. The Hall–Kier alpha value is -1.39. The quantitative estimate of drug-likeness (QED) is 0.582. The summed E-state index contributed by atoms with van der Waals surface area (Å²) in [6.07, 6.45) is 9.75. The first kappa shape index (κ1) is 16.5. The van der Waals surface area contributed by atoms with E-state index in [0.717, 1.165) is 12.0 Å². The zero-order chi connectivity index (χ0) is 16.4. The van der Waals surface area contributed by atoms with E-state index in [4.69, 9.17) is 4.18 Å². The molecule has 3 nitrogen and oxygen atoms in total. The van der Waals surface area contributed by atoms with Gasteiger partial charge in [0.2, 0.25) is 0 Å². The van der Waals surface area contributed by atoms with Crippen LogP contribution in [-0.2, 0) is 14.3 Å². The van der Waals surface area contributed by atoms with E-state index in [2.05, 4.69) is 24.8 Å². The summed E-state index contributed by atoms with van der Waals surface area (Å²) >= 11 is 0. The number of benzene rings is 1. The lowest BCUT2D eigenvalue weighted by Crippen LogP contribution is -2.16. The van der Waals surface area contributed by atoms with Crippen molar-refractivity contribution in [3.05, 3.63) is 54.6 Å². The zero-order valence-electron chi connectivity index (χ0n) is 13.5. The highest BCUT2D eigenvalue weighted by atomic mass is 32.2. The van der Waals surface area contributed by atoms with Gasteiger partial charge in [0.1, 0.15) is 0 Å². The molecule has 1 aromatic carbocycles. The first-order chi connectivity index (χ1) is 11.0. The maximum atomic E-state index is 12.2. The van der Waals surface area contributed by atoms with E-state index in [-0.39, 0.29) is 11.5 Å². The Bertz CT molecular complexity index is 688. The van der Waals surface area contributed by atoms with Gasteiger partial charge in [0.15, 0.2) is 0 Å². The van der Waals surface area contributed by atoms with Gasteiger partial charge in [-0.3, -0.25) is 4.18 Å². The molecule has 4 heteroatoms. The third kappa shape index (κ3) is 3.43. The van der Waals surface area contributed by atoms with Crippen molar-refractivity contribution in [2.45, 2.75) is 31.1 Å². The molecule has 0 heterocycles. The van der Waals surface area contributed by atoms with Gasteiger partial charge in [-0.05, 0) is 62.0 Å². The second kappa shape index (κ2) is 6.62. The fourth-order valence-corrected chi connectivity index (χ4v) is 4.86. The van der Waals surface area contributed by atoms with Gasteiger partial charge in [0, 0.05) is 0 Å². The molecule has 0 aliphatic heterocycles. The van der Waals surface area contributed by atoms with Crippen molar-refractivity contribution in [3.63, 3.8) is 0 Å². The van der Waals surface area contributed by atoms with Crippen LogP contribution in [0.4, 0.5) is 0 Å². The normalized spacial score (nSPS) is 29.6. The van der Waals surface area contributed by atoms with Gasteiger partial charge in [-0.25, -0.2) is 0 Å². The second-order valence-corrected chi connectivity index (χ2v) is 8.26. The molecule has 4 atom stereocenters. The maximum absolute atomic E-state index is 12.2. The first-order valence-corrected chi connectivity index (χ1v) is 9.69. The van der Waals surface area contributed by atoms with E-state index in [1.807, 2.05) is 6.92 Å². The van der Waals surface area contributed by atoms with Gasteiger partial charge in [-0.1, -0.05) is 35.9 Å². The van der Waals surface area contributed by atoms with Gasteiger partial charge in [0.25, 0.3) is 10.1 Å². The number of hydrogen-bond acceptors (Lipinski definition) is 3. The van der Waals surface area contributed by atoms with Crippen molar-refractivity contribution in [3.8, 4) is 0 Å². The van der Waals surface area contributed by atoms with Crippen LogP contribution in [0.1, 0.15) is 24.8 Å². The van der Waals surface area contributed by atoms with Crippen LogP contribution in [0, 0.1) is 30.6 Å². The van der Waals surface area contributed by atoms with Crippen molar-refractivity contribution >= 4 is 10.1 Å². The highest BCUT2D eigenvalue weighted by Crippen LogP contribution is 2.48. The lowest BCUT2D eigenvalue weighted by molar-refractivity contribution is 0.259. The maximum Gasteiger partial charge on any atom is 0.296 e. The molecule has 1 saturated carbocycles. The van der Waals surface area contributed by atoms with Crippen LogP contribution in [0.15, 0.2) is 54.0 Å². The summed E-state index contributed by atoms with van der Waals surface area (Å²) in [5, 5.41) is 0. The van der Waals surface area contributed by atoms with Crippen LogP contribution in [0.5, 0.6) is 0 Å². The standard InChI is InChI=1S/C19H24O3S/c1-3-15-6-10-19-16(7-11-18(15)19)12-13-22-23(20,21)17-8-4-14(2)5-9-17/h3-5,7-9,11,15-16,18-19H,1,6,10,12-13H2,2H3/t15-,16+,18-,19-/m0/s1. The summed E-state index contributed by atoms with van der Waals surface area (Å²) in [6.45, 7) is 6.10. The molecule has 0 amide bonds. The highest BCUT2D eigenvalue weighted by Gasteiger charge is 2.39. The Morgan fingerprint density at radius 3 is 2.65 bits per heavy atom. The van der Waals surface area contributed by atoms with E-state index >= 15 is 0 Å². The summed E-state index contributed by atoms with van der Waals surface area (Å²) in [6, 6.07) is 6.77. The van der Waals surface area contributed by atoms with Crippen LogP contribution in [0.3, 0.4) is 0 Å². The van der Waals surface area contributed by atoms with Gasteiger partial charge in [-0.2, -0.15) is 8.42 Å². The van der Waals surface area contributed by atoms with Gasteiger partial charge in [-0.15, -0.1) is 6.58 Å². The minimum absolute atomic E-state index is 0.232. The molecule has 1 fully saturated rings. The zero-order valence-corrected chi connectivity index (χ0v) is 14.3. The van der Waals surface area contributed by atoms with Crippen LogP contribution in [-0.4, -0.2) is 15.0 Å². The summed E-state index contributed by atoms with van der Waals surface area (Å²) in [5.41, 5.74) is 1.03. The van der Waals surface area contributed by atoms with Gasteiger partial charge < -0.3 is 0 Å². The molecule has 0 N–H and O–H groups in total. The molecule has 1 aromatic rings.